The molecule has 126 valence electrons. The summed E-state index contributed by atoms with van der Waals surface area (Å²) in [6.07, 6.45) is -3.26. The van der Waals surface area contributed by atoms with E-state index in [1.165, 1.54) is 0 Å². The molecule has 1 aliphatic rings. The van der Waals surface area contributed by atoms with E-state index in [9.17, 15) is 15.0 Å². The molecule has 0 radical (unpaired) electrons. The van der Waals surface area contributed by atoms with Crippen molar-refractivity contribution in [1.29, 1.82) is 0 Å². The molecule has 2 heterocycles. The number of nitrogens with zero attached hydrogens (tertiary/aromatic N) is 3. The van der Waals surface area contributed by atoms with Crippen molar-refractivity contribution >= 4 is 13.7 Å². The molecule has 8 N–H and O–H groups in total. The minimum atomic E-state index is -4.64. The first-order valence-corrected chi connectivity index (χ1v) is 7.22. The van der Waals surface area contributed by atoms with Gasteiger partial charge in [-0.1, -0.05) is 0 Å². The molecule has 1 fully saturated rings. The van der Waals surface area contributed by atoms with Crippen LogP contribution in [0, 0.1) is 0 Å². The van der Waals surface area contributed by atoms with Crippen LogP contribution in [-0.4, -0.2) is 75.6 Å². The van der Waals surface area contributed by atoms with Crippen LogP contribution in [0.1, 0.15) is 16.8 Å². The molecule has 1 aromatic heterocycles. The summed E-state index contributed by atoms with van der Waals surface area (Å²) in [4.78, 5) is 36.0. The highest BCUT2D eigenvalue weighted by atomic mass is 31.2. The van der Waals surface area contributed by atoms with Gasteiger partial charge in [-0.15, -0.1) is 5.10 Å². The third-order valence-electron chi connectivity index (χ3n) is 2.51. The number of phosphoric acid groups is 1. The van der Waals surface area contributed by atoms with E-state index in [2.05, 4.69) is 10.1 Å². The number of primary amides is 1. The summed E-state index contributed by atoms with van der Waals surface area (Å²) in [6.45, 7) is -0.438. The minimum Gasteiger partial charge on any atom is -0.394 e. The molecule has 0 bridgehead atoms. The molecular weight excluding hydrogens is 327 g/mol. The van der Waals surface area contributed by atoms with E-state index in [4.69, 9.17) is 34.8 Å². The van der Waals surface area contributed by atoms with Gasteiger partial charge in [-0.25, -0.2) is 14.2 Å². The smallest absolute Gasteiger partial charge is 0.394 e. The molecule has 14 heteroatoms. The number of aliphatic hydroxyl groups is 3. The predicted octanol–water partition coefficient (Wildman–Crippen LogP) is -3.94. The van der Waals surface area contributed by atoms with Gasteiger partial charge < -0.3 is 40.5 Å². The molecule has 0 unspecified atom stereocenters. The summed E-state index contributed by atoms with van der Waals surface area (Å²) in [5, 5.41) is 31.8. The normalized spacial score (nSPS) is 28.1. The van der Waals surface area contributed by atoms with E-state index >= 15 is 0 Å². The number of carbonyl (C=O) groups excluding carboxylic acids is 1. The zero-order chi connectivity index (χ0) is 17.1. The van der Waals surface area contributed by atoms with Crippen molar-refractivity contribution in [3.05, 3.63) is 12.2 Å². The van der Waals surface area contributed by atoms with Crippen molar-refractivity contribution in [3.8, 4) is 0 Å². The maximum absolute atomic E-state index is 10.8. The summed E-state index contributed by atoms with van der Waals surface area (Å²) in [6, 6.07) is 0. The monoisotopic (exact) mass is 342 g/mol. The maximum Gasteiger partial charge on any atom is 0.466 e. The van der Waals surface area contributed by atoms with Crippen LogP contribution in [0.5, 0.6) is 0 Å². The number of rotatable bonds is 3. The first kappa shape index (κ1) is 18.6. The molecule has 1 saturated heterocycles. The summed E-state index contributed by atoms with van der Waals surface area (Å²) in [7, 11) is -4.64. The van der Waals surface area contributed by atoms with Crippen molar-refractivity contribution in [2.75, 3.05) is 6.61 Å². The lowest BCUT2D eigenvalue weighted by atomic mass is 10.1. The Labute approximate surface area is 122 Å². The van der Waals surface area contributed by atoms with Crippen LogP contribution in [0.2, 0.25) is 0 Å². The second-order valence-electron chi connectivity index (χ2n) is 4.15. The molecule has 0 saturated carbocycles. The van der Waals surface area contributed by atoms with Gasteiger partial charge in [0.1, 0.15) is 24.6 Å². The van der Waals surface area contributed by atoms with Crippen LogP contribution < -0.4 is 5.73 Å². The Balaban J connectivity index is 0.000000422. The van der Waals surface area contributed by atoms with Crippen LogP contribution in [0.4, 0.5) is 0 Å². The largest absolute Gasteiger partial charge is 0.466 e. The van der Waals surface area contributed by atoms with Crippen LogP contribution in [0.25, 0.3) is 0 Å². The number of nitrogens with two attached hydrogens (primary N) is 1. The average molecular weight is 342 g/mol. The topological polar surface area (TPSA) is 221 Å². The molecule has 1 aliphatic heterocycles. The predicted molar refractivity (Wildman–Crippen MR) is 65.8 cm³/mol. The highest BCUT2D eigenvalue weighted by molar-refractivity contribution is 7.45. The SMILES string of the molecule is NC(=O)c1ncn([C@@H]2O[C@H](CO)[C@@H](O)[C@H]2O)n1.O=P(O)(O)O. The van der Waals surface area contributed by atoms with Gasteiger partial charge in [0.05, 0.1) is 6.61 Å². The van der Waals surface area contributed by atoms with E-state index in [-0.39, 0.29) is 5.82 Å². The zero-order valence-electron chi connectivity index (χ0n) is 10.9. The first-order chi connectivity index (χ1) is 10.0. The van der Waals surface area contributed by atoms with Gasteiger partial charge in [0.25, 0.3) is 5.91 Å². The van der Waals surface area contributed by atoms with Crippen molar-refractivity contribution in [2.45, 2.75) is 24.5 Å². The summed E-state index contributed by atoms with van der Waals surface area (Å²) in [5.74, 6) is -1.03. The molecule has 0 aromatic carbocycles. The fraction of sp³-hybridized carbons (Fsp3) is 0.625. The third-order valence-corrected chi connectivity index (χ3v) is 2.51. The number of carbonyl (C=O) groups is 1. The summed E-state index contributed by atoms with van der Waals surface area (Å²) in [5.41, 5.74) is 4.97. The summed E-state index contributed by atoms with van der Waals surface area (Å²) >= 11 is 0. The van der Waals surface area contributed by atoms with Crippen molar-refractivity contribution in [3.63, 3.8) is 0 Å². The number of hydrogen-bond acceptors (Lipinski definition) is 8. The van der Waals surface area contributed by atoms with Crippen LogP contribution in [-0.2, 0) is 9.30 Å². The van der Waals surface area contributed by atoms with Gasteiger partial charge in [-0.05, 0) is 0 Å². The van der Waals surface area contributed by atoms with E-state index < -0.39 is 44.9 Å². The molecular formula is C8H15N4O9P. The van der Waals surface area contributed by atoms with Crippen molar-refractivity contribution < 1.29 is 44.1 Å². The molecule has 0 aliphatic carbocycles. The van der Waals surface area contributed by atoms with Crippen molar-refractivity contribution in [1.82, 2.24) is 14.8 Å². The number of amides is 1. The molecule has 1 aromatic rings. The average Bonchev–Trinajstić information content (AvgIpc) is 2.95. The Bertz CT molecular complexity index is 551. The van der Waals surface area contributed by atoms with Crippen LogP contribution in [0.15, 0.2) is 6.33 Å². The van der Waals surface area contributed by atoms with Gasteiger partial charge in [0.2, 0.25) is 5.82 Å². The number of ether oxygens (including phenoxy) is 1. The molecule has 4 atom stereocenters. The van der Waals surface area contributed by atoms with Crippen LogP contribution >= 0.6 is 7.82 Å². The van der Waals surface area contributed by atoms with Crippen LogP contribution in [0.3, 0.4) is 0 Å². The Morgan fingerprint density at radius 1 is 1.36 bits per heavy atom. The van der Waals surface area contributed by atoms with Gasteiger partial charge >= 0.3 is 7.82 Å². The third kappa shape index (κ3) is 5.08. The molecule has 1 amide bonds. The van der Waals surface area contributed by atoms with E-state index in [1.807, 2.05) is 0 Å². The van der Waals surface area contributed by atoms with Crippen molar-refractivity contribution in [2.24, 2.45) is 5.73 Å². The van der Waals surface area contributed by atoms with Gasteiger partial charge in [-0.3, -0.25) is 4.79 Å². The van der Waals surface area contributed by atoms with Gasteiger partial charge in [-0.2, -0.15) is 0 Å². The Hall–Kier alpha value is -1.44. The molecule has 2 rings (SSSR count). The number of aromatic nitrogens is 3. The number of hydrogen-bond donors (Lipinski definition) is 7. The Kier molecular flexibility index (Phi) is 6.10. The Morgan fingerprint density at radius 3 is 2.27 bits per heavy atom. The van der Waals surface area contributed by atoms with E-state index in [0.29, 0.717) is 0 Å². The fourth-order valence-corrected chi connectivity index (χ4v) is 1.61. The lowest BCUT2D eigenvalue weighted by Gasteiger charge is -2.13. The van der Waals surface area contributed by atoms with E-state index in [0.717, 1.165) is 11.0 Å². The highest BCUT2D eigenvalue weighted by Crippen LogP contribution is 2.28. The van der Waals surface area contributed by atoms with Gasteiger partial charge in [0.15, 0.2) is 6.23 Å². The lowest BCUT2D eigenvalue weighted by molar-refractivity contribution is -0.0588. The fourth-order valence-electron chi connectivity index (χ4n) is 1.61. The molecule has 22 heavy (non-hydrogen) atoms. The maximum atomic E-state index is 10.8. The quantitative estimate of drug-likeness (QED) is 0.263. The number of aliphatic hydroxyl groups excluding tert-OH is 3. The first-order valence-electron chi connectivity index (χ1n) is 5.66. The van der Waals surface area contributed by atoms with E-state index in [1.54, 1.807) is 0 Å². The zero-order valence-corrected chi connectivity index (χ0v) is 11.8. The lowest BCUT2D eigenvalue weighted by Crippen LogP contribution is -2.33. The second-order valence-corrected chi connectivity index (χ2v) is 5.18. The standard InChI is InChI=1S/C8H12N4O5.H3O4P/c9-6(16)7-10-2-12(11-7)8-5(15)4(14)3(1-13)17-8;1-5(2,3)4/h2-5,8,13-15H,1H2,(H2,9,16);(H3,1,2,3,4)/t3-,4-,5-,8-;/m1./s1. The molecule has 13 nitrogen and oxygen atoms in total. The Morgan fingerprint density at radius 2 is 1.91 bits per heavy atom. The summed E-state index contributed by atoms with van der Waals surface area (Å²) < 4.78 is 15.1. The minimum absolute atomic E-state index is 0.220. The second kappa shape index (κ2) is 7.21. The van der Waals surface area contributed by atoms with Gasteiger partial charge in [0, 0.05) is 0 Å². The molecule has 0 spiro atoms. The highest BCUT2D eigenvalue weighted by Gasteiger charge is 2.43.